The van der Waals surface area contributed by atoms with Gasteiger partial charge in [0.05, 0.1) is 26.2 Å². The first-order valence-corrected chi connectivity index (χ1v) is 15.5. The molecule has 1 amide bonds. The summed E-state index contributed by atoms with van der Waals surface area (Å²) in [6.45, 7) is 4.36. The van der Waals surface area contributed by atoms with Crippen molar-refractivity contribution in [3.05, 3.63) is 35.9 Å². The van der Waals surface area contributed by atoms with Gasteiger partial charge in [0.1, 0.15) is 25.4 Å². The predicted molar refractivity (Wildman–Crippen MR) is 168 cm³/mol. The van der Waals surface area contributed by atoms with Crippen LogP contribution in [0.3, 0.4) is 0 Å². The summed E-state index contributed by atoms with van der Waals surface area (Å²) in [6, 6.07) is 6.29. The molecule has 1 aliphatic rings. The molecule has 0 spiro atoms. The summed E-state index contributed by atoms with van der Waals surface area (Å²) in [5, 5.41) is 2.42. The molecule has 0 saturated carbocycles. The van der Waals surface area contributed by atoms with Gasteiger partial charge in [0, 0.05) is 41.5 Å². The average Bonchev–Trinajstić information content (AvgIpc) is 3.05. The quantitative estimate of drug-likeness (QED) is 0.139. The van der Waals surface area contributed by atoms with E-state index in [0.29, 0.717) is 5.56 Å². The number of benzene rings is 1. The molecule has 1 aromatic carbocycles. The highest BCUT2D eigenvalue weighted by atomic mass is 16.8. The molecule has 1 unspecified atom stereocenters. The van der Waals surface area contributed by atoms with Crippen LogP contribution >= 0.6 is 0 Å². The van der Waals surface area contributed by atoms with Crippen LogP contribution < -0.4 is 5.32 Å². The van der Waals surface area contributed by atoms with E-state index in [1.54, 1.807) is 30.3 Å². The topological polar surface area (TPSA) is 249 Å². The zero-order valence-corrected chi connectivity index (χ0v) is 29.7. The Morgan fingerprint density at radius 3 is 1.85 bits per heavy atom. The van der Waals surface area contributed by atoms with Gasteiger partial charge in [-0.2, -0.15) is 0 Å². The molecule has 19 heteroatoms. The Kier molecular flexibility index (Phi) is 15.7. The second kappa shape index (κ2) is 19.1. The van der Waals surface area contributed by atoms with Gasteiger partial charge in [0.2, 0.25) is 5.91 Å². The summed E-state index contributed by atoms with van der Waals surface area (Å²) in [7, 11) is 1.69. The lowest BCUT2D eigenvalue weighted by Crippen LogP contribution is -2.75. The van der Waals surface area contributed by atoms with Crippen LogP contribution in [0.1, 0.15) is 47.1 Å². The van der Waals surface area contributed by atoms with Crippen molar-refractivity contribution in [3.8, 4) is 0 Å². The number of rotatable bonds is 15. The van der Waals surface area contributed by atoms with Crippen LogP contribution in [0.25, 0.3) is 0 Å². The Balaban J connectivity index is 3.06. The van der Waals surface area contributed by atoms with Gasteiger partial charge in [-0.3, -0.25) is 38.4 Å². The highest BCUT2D eigenvalue weighted by molar-refractivity contribution is 5.97. The van der Waals surface area contributed by atoms with Crippen LogP contribution in [-0.4, -0.2) is 111 Å². The molecule has 1 N–H and O–H groups in total. The van der Waals surface area contributed by atoms with Crippen LogP contribution in [0.4, 0.5) is 0 Å². The van der Waals surface area contributed by atoms with E-state index < -0.39 is 115 Å². The fourth-order valence-corrected chi connectivity index (χ4v) is 5.56. The van der Waals surface area contributed by atoms with Gasteiger partial charge in [0.15, 0.2) is 18.1 Å². The lowest BCUT2D eigenvalue weighted by Gasteiger charge is -2.52. The van der Waals surface area contributed by atoms with Crippen LogP contribution in [-0.2, 0) is 92.4 Å². The minimum atomic E-state index is -3.29. The average molecular weight is 740 g/mol. The molecule has 1 aliphatic heterocycles. The van der Waals surface area contributed by atoms with Gasteiger partial charge in [-0.25, -0.2) is 4.79 Å². The van der Waals surface area contributed by atoms with E-state index in [0.717, 1.165) is 55.8 Å². The molecule has 1 heterocycles. The molecule has 52 heavy (non-hydrogen) atoms. The Bertz CT molecular complexity index is 1510. The number of esters is 8. The van der Waals surface area contributed by atoms with Gasteiger partial charge in [-0.15, -0.1) is 0 Å². The highest BCUT2D eigenvalue weighted by Gasteiger charge is 2.70. The first-order chi connectivity index (χ1) is 24.4. The van der Waals surface area contributed by atoms with Crippen molar-refractivity contribution in [3.63, 3.8) is 0 Å². The van der Waals surface area contributed by atoms with E-state index in [-0.39, 0.29) is 0 Å². The largest absolute Gasteiger partial charge is 0.468 e. The SMILES string of the molecule is COC(=O)C(C(=O)OCc1ccccc1)[C@H]1[C@H](OC(C)=O)[C@@H](NC(C)=O)[C@H]([C@H](OC(C)=O)[C@@H](COC(C)=O)OC(C)=O)O[C@@]1(OC(C)=O)C(=O)OC. The number of ether oxygens (including phenoxy) is 9. The second-order valence-electron chi connectivity index (χ2n) is 11.3. The number of hydrogen-bond donors (Lipinski definition) is 1. The van der Waals surface area contributed by atoms with Crippen molar-refractivity contribution in [2.24, 2.45) is 11.8 Å². The lowest BCUT2D eigenvalue weighted by molar-refractivity contribution is -0.332. The van der Waals surface area contributed by atoms with Crippen molar-refractivity contribution >= 4 is 53.7 Å². The Labute approximate surface area is 297 Å². The zero-order chi connectivity index (χ0) is 39.3. The van der Waals surface area contributed by atoms with E-state index in [9.17, 15) is 43.2 Å². The molecule has 286 valence electrons. The molecule has 8 atom stereocenters. The van der Waals surface area contributed by atoms with Gasteiger partial charge in [-0.1, -0.05) is 30.3 Å². The summed E-state index contributed by atoms with van der Waals surface area (Å²) in [5.41, 5.74) is 0.458. The maximum atomic E-state index is 13.9. The molecule has 0 bridgehead atoms. The first-order valence-electron chi connectivity index (χ1n) is 15.5. The summed E-state index contributed by atoms with van der Waals surface area (Å²) in [5.74, 6) is -18.6. The van der Waals surface area contributed by atoms with E-state index in [2.05, 4.69) is 5.32 Å². The fraction of sp³-hybridized carbons (Fsp3) is 0.545. The molecular weight excluding hydrogens is 698 g/mol. The van der Waals surface area contributed by atoms with Crippen LogP contribution in [0.5, 0.6) is 0 Å². The molecule has 0 aromatic heterocycles. The Morgan fingerprint density at radius 1 is 0.750 bits per heavy atom. The third-order valence-corrected chi connectivity index (χ3v) is 7.30. The molecule has 1 saturated heterocycles. The molecule has 2 rings (SSSR count). The smallest absolute Gasteiger partial charge is 0.380 e. The standard InChI is InChI=1S/C33H41NO18/c1-16(35)34-26-28(50-20(5)39)25(24(30(41)44-7)31(42)47-14-22-12-10-9-11-13-22)33(32(43)45-8,51-21(6)40)52-29(26)27(49-19(4)38)23(48-18(3)37)15-46-17(2)36/h9-13,23-29H,14-15H2,1-8H3,(H,34,35)/t23-,24?,25+,26-,27-,28+,29-,33-/m1/s1. The van der Waals surface area contributed by atoms with Gasteiger partial charge >= 0.3 is 53.5 Å². The minimum absolute atomic E-state index is 0.426. The van der Waals surface area contributed by atoms with Crippen LogP contribution in [0, 0.1) is 11.8 Å². The van der Waals surface area contributed by atoms with Crippen molar-refractivity contribution < 1.29 is 85.8 Å². The van der Waals surface area contributed by atoms with Gasteiger partial charge in [0.25, 0.3) is 0 Å². The summed E-state index contributed by atoms with van der Waals surface area (Å²) in [4.78, 5) is 116. The van der Waals surface area contributed by atoms with Crippen molar-refractivity contribution in [2.45, 2.75) is 84.4 Å². The van der Waals surface area contributed by atoms with Crippen molar-refractivity contribution in [2.75, 3.05) is 20.8 Å². The van der Waals surface area contributed by atoms with E-state index >= 15 is 0 Å². The first kappa shape index (κ1) is 42.6. The number of carbonyl (C=O) groups is 9. The molecule has 0 radical (unpaired) electrons. The number of methoxy groups -OCH3 is 2. The lowest BCUT2D eigenvalue weighted by atomic mass is 9.73. The molecular formula is C33H41NO18. The summed E-state index contributed by atoms with van der Waals surface area (Å²) >= 11 is 0. The monoisotopic (exact) mass is 739 g/mol. The Hall–Kier alpha value is -5.59. The van der Waals surface area contributed by atoms with E-state index in [1.165, 1.54) is 0 Å². The van der Waals surface area contributed by atoms with E-state index in [4.69, 9.17) is 42.6 Å². The maximum Gasteiger partial charge on any atom is 0.380 e. The number of amides is 1. The number of nitrogens with one attached hydrogen (secondary N) is 1. The number of hydrogen-bond acceptors (Lipinski definition) is 18. The predicted octanol–water partition coefficient (Wildman–Crippen LogP) is -0.171. The normalized spacial score (nSPS) is 22.5. The third kappa shape index (κ3) is 11.2. The zero-order valence-electron chi connectivity index (χ0n) is 29.7. The minimum Gasteiger partial charge on any atom is -0.468 e. The Morgan fingerprint density at radius 2 is 1.37 bits per heavy atom. The van der Waals surface area contributed by atoms with Gasteiger partial charge in [-0.05, 0) is 5.56 Å². The summed E-state index contributed by atoms with van der Waals surface area (Å²) < 4.78 is 48.2. The van der Waals surface area contributed by atoms with Crippen LogP contribution in [0.15, 0.2) is 30.3 Å². The van der Waals surface area contributed by atoms with Crippen molar-refractivity contribution in [1.29, 1.82) is 0 Å². The third-order valence-electron chi connectivity index (χ3n) is 7.30. The van der Waals surface area contributed by atoms with Crippen LogP contribution in [0.2, 0.25) is 0 Å². The molecule has 0 aliphatic carbocycles. The maximum absolute atomic E-state index is 13.9. The second-order valence-corrected chi connectivity index (χ2v) is 11.3. The molecule has 1 aromatic rings. The highest BCUT2D eigenvalue weighted by Crippen LogP contribution is 2.45. The van der Waals surface area contributed by atoms with E-state index in [1.807, 2.05) is 0 Å². The summed E-state index contributed by atoms with van der Waals surface area (Å²) in [6.07, 6.45) is -7.94. The van der Waals surface area contributed by atoms with Gasteiger partial charge < -0.3 is 47.9 Å². The fourth-order valence-electron chi connectivity index (χ4n) is 5.56. The molecule has 19 nitrogen and oxygen atoms in total. The number of carbonyl (C=O) groups excluding carboxylic acids is 9. The van der Waals surface area contributed by atoms with Crippen molar-refractivity contribution in [1.82, 2.24) is 5.32 Å². The molecule has 1 fully saturated rings.